The third-order valence-corrected chi connectivity index (χ3v) is 4.46. The van der Waals surface area contributed by atoms with Crippen LogP contribution < -0.4 is 5.56 Å². The molecule has 0 radical (unpaired) electrons. The predicted molar refractivity (Wildman–Crippen MR) is 88.6 cm³/mol. The second-order valence-corrected chi connectivity index (χ2v) is 5.78. The van der Waals surface area contributed by atoms with Crippen molar-refractivity contribution in [3.8, 4) is 5.69 Å². The number of pyridine rings is 1. The monoisotopic (exact) mass is 345 g/mol. The minimum atomic E-state index is -0.242. The fourth-order valence-corrected chi connectivity index (χ4v) is 2.99. The van der Waals surface area contributed by atoms with Crippen LogP contribution in [-0.4, -0.2) is 24.1 Å². The normalized spacial score (nSPS) is 11.4. The predicted octanol–water partition coefficient (Wildman–Crippen LogP) is 3.04. The summed E-state index contributed by atoms with van der Waals surface area (Å²) < 4.78 is 2.99. The van der Waals surface area contributed by atoms with Gasteiger partial charge in [0.05, 0.1) is 32.3 Å². The Balaban J connectivity index is 2.13. The maximum absolute atomic E-state index is 12.9. The van der Waals surface area contributed by atoms with E-state index in [4.69, 9.17) is 23.2 Å². The lowest BCUT2D eigenvalue weighted by Gasteiger charge is -2.11. The molecule has 0 amide bonds. The standard InChI is InChI=1S/C15H9Cl2N5O/c1-8-12-10(22-15(20-8)18-7-19-22)5-6-21(14(12)23)11-4-2-3-9(16)13(11)17/h2-7H,1H3. The molecule has 3 aromatic heterocycles. The van der Waals surface area contributed by atoms with E-state index in [-0.39, 0.29) is 5.56 Å². The summed E-state index contributed by atoms with van der Waals surface area (Å²) in [6.07, 6.45) is 3.04. The second kappa shape index (κ2) is 5.04. The van der Waals surface area contributed by atoms with Crippen LogP contribution in [0.2, 0.25) is 10.0 Å². The first-order valence-corrected chi connectivity index (χ1v) is 7.49. The summed E-state index contributed by atoms with van der Waals surface area (Å²) >= 11 is 12.3. The minimum Gasteiger partial charge on any atom is -0.282 e. The summed E-state index contributed by atoms with van der Waals surface area (Å²) in [4.78, 5) is 21.3. The van der Waals surface area contributed by atoms with Gasteiger partial charge in [0, 0.05) is 6.20 Å². The lowest BCUT2D eigenvalue weighted by Crippen LogP contribution is -2.20. The molecule has 3 heterocycles. The highest BCUT2D eigenvalue weighted by Crippen LogP contribution is 2.28. The molecule has 0 aliphatic carbocycles. The Morgan fingerprint density at radius 2 is 2.00 bits per heavy atom. The first kappa shape index (κ1) is 14.2. The van der Waals surface area contributed by atoms with Crippen molar-refractivity contribution in [3.05, 3.63) is 62.9 Å². The molecule has 0 spiro atoms. The third-order valence-electron chi connectivity index (χ3n) is 3.65. The molecule has 23 heavy (non-hydrogen) atoms. The van der Waals surface area contributed by atoms with E-state index in [2.05, 4.69) is 15.1 Å². The number of hydrogen-bond donors (Lipinski definition) is 0. The van der Waals surface area contributed by atoms with Gasteiger partial charge in [0.25, 0.3) is 11.3 Å². The average molecular weight is 346 g/mol. The summed E-state index contributed by atoms with van der Waals surface area (Å²) in [5, 5.41) is 5.28. The molecule has 0 unspecified atom stereocenters. The Morgan fingerprint density at radius 1 is 1.17 bits per heavy atom. The number of nitrogens with zero attached hydrogens (tertiary/aromatic N) is 5. The zero-order chi connectivity index (χ0) is 16.1. The van der Waals surface area contributed by atoms with E-state index >= 15 is 0 Å². The topological polar surface area (TPSA) is 65.1 Å². The van der Waals surface area contributed by atoms with E-state index < -0.39 is 0 Å². The number of halogens is 2. The smallest absolute Gasteiger partial charge is 0.266 e. The van der Waals surface area contributed by atoms with Gasteiger partial charge < -0.3 is 0 Å². The van der Waals surface area contributed by atoms with E-state index in [1.807, 2.05) is 0 Å². The highest BCUT2D eigenvalue weighted by atomic mass is 35.5. The van der Waals surface area contributed by atoms with Crippen molar-refractivity contribution in [3.63, 3.8) is 0 Å². The lowest BCUT2D eigenvalue weighted by molar-refractivity contribution is 0.949. The molecule has 0 bridgehead atoms. The van der Waals surface area contributed by atoms with Crippen LogP contribution in [0, 0.1) is 6.92 Å². The van der Waals surface area contributed by atoms with Crippen molar-refractivity contribution in [1.82, 2.24) is 24.1 Å². The fourth-order valence-electron chi connectivity index (χ4n) is 2.60. The number of fused-ring (bicyclic) bond motifs is 3. The molecule has 0 aliphatic heterocycles. The second-order valence-electron chi connectivity index (χ2n) is 4.99. The summed E-state index contributed by atoms with van der Waals surface area (Å²) in [7, 11) is 0. The number of benzene rings is 1. The van der Waals surface area contributed by atoms with Crippen molar-refractivity contribution >= 4 is 39.9 Å². The van der Waals surface area contributed by atoms with Crippen molar-refractivity contribution < 1.29 is 0 Å². The number of aromatic nitrogens is 5. The molecule has 1 aromatic carbocycles. The Bertz CT molecular complexity index is 1130. The van der Waals surface area contributed by atoms with Gasteiger partial charge in [-0.15, -0.1) is 0 Å². The molecular weight excluding hydrogens is 337 g/mol. The first-order valence-electron chi connectivity index (χ1n) is 6.74. The fraction of sp³-hybridized carbons (Fsp3) is 0.0667. The van der Waals surface area contributed by atoms with Crippen LogP contribution in [0.4, 0.5) is 0 Å². The van der Waals surface area contributed by atoms with Gasteiger partial charge in [0.15, 0.2) is 0 Å². The van der Waals surface area contributed by atoms with E-state index in [9.17, 15) is 4.79 Å². The number of hydrogen-bond acceptors (Lipinski definition) is 4. The zero-order valence-corrected chi connectivity index (χ0v) is 13.4. The van der Waals surface area contributed by atoms with Crippen LogP contribution in [0.3, 0.4) is 0 Å². The van der Waals surface area contributed by atoms with Crippen LogP contribution in [0.25, 0.3) is 22.4 Å². The summed E-state index contributed by atoms with van der Waals surface area (Å²) in [6.45, 7) is 1.77. The summed E-state index contributed by atoms with van der Waals surface area (Å²) in [6, 6.07) is 6.93. The molecule has 0 fully saturated rings. The Hall–Kier alpha value is -2.44. The van der Waals surface area contributed by atoms with Crippen molar-refractivity contribution in [2.45, 2.75) is 6.92 Å². The molecule has 114 valence electrons. The van der Waals surface area contributed by atoms with E-state index in [1.165, 1.54) is 15.4 Å². The highest BCUT2D eigenvalue weighted by molar-refractivity contribution is 6.43. The van der Waals surface area contributed by atoms with Gasteiger partial charge in [-0.05, 0) is 25.1 Å². The van der Waals surface area contributed by atoms with Crippen molar-refractivity contribution in [2.75, 3.05) is 0 Å². The maximum atomic E-state index is 12.9. The molecule has 8 heteroatoms. The Labute approximate surface area is 139 Å². The summed E-state index contributed by atoms with van der Waals surface area (Å²) in [5.74, 6) is 0.452. The van der Waals surface area contributed by atoms with Crippen LogP contribution in [-0.2, 0) is 0 Å². The molecule has 4 aromatic rings. The number of rotatable bonds is 1. The Morgan fingerprint density at radius 3 is 2.83 bits per heavy atom. The molecule has 0 aliphatic rings. The largest absolute Gasteiger partial charge is 0.282 e. The lowest BCUT2D eigenvalue weighted by atomic mass is 10.2. The molecular formula is C15H9Cl2N5O. The van der Waals surface area contributed by atoms with E-state index in [1.54, 1.807) is 37.4 Å². The van der Waals surface area contributed by atoms with Gasteiger partial charge in [-0.2, -0.15) is 14.6 Å². The zero-order valence-electron chi connectivity index (χ0n) is 11.9. The molecule has 0 atom stereocenters. The van der Waals surface area contributed by atoms with Gasteiger partial charge in [0.1, 0.15) is 6.33 Å². The van der Waals surface area contributed by atoms with Crippen molar-refractivity contribution in [2.24, 2.45) is 0 Å². The van der Waals surface area contributed by atoms with Crippen LogP contribution >= 0.6 is 23.2 Å². The molecule has 4 rings (SSSR count). The quantitative estimate of drug-likeness (QED) is 0.531. The van der Waals surface area contributed by atoms with Crippen molar-refractivity contribution in [1.29, 1.82) is 0 Å². The third kappa shape index (κ3) is 2.03. The van der Waals surface area contributed by atoms with Gasteiger partial charge >= 0.3 is 0 Å². The minimum absolute atomic E-state index is 0.242. The maximum Gasteiger partial charge on any atom is 0.266 e. The summed E-state index contributed by atoms with van der Waals surface area (Å²) in [5.41, 5.74) is 1.50. The van der Waals surface area contributed by atoms with Crippen LogP contribution in [0.1, 0.15) is 5.69 Å². The van der Waals surface area contributed by atoms with Gasteiger partial charge in [-0.3, -0.25) is 9.36 Å². The average Bonchev–Trinajstić information content (AvgIpc) is 2.99. The van der Waals surface area contributed by atoms with Crippen LogP contribution in [0.5, 0.6) is 0 Å². The van der Waals surface area contributed by atoms with E-state index in [0.717, 1.165) is 0 Å². The van der Waals surface area contributed by atoms with Gasteiger partial charge in [-0.1, -0.05) is 29.3 Å². The van der Waals surface area contributed by atoms with Gasteiger partial charge in [-0.25, -0.2) is 4.98 Å². The highest BCUT2D eigenvalue weighted by Gasteiger charge is 2.15. The van der Waals surface area contributed by atoms with Gasteiger partial charge in [0.2, 0.25) is 0 Å². The van der Waals surface area contributed by atoms with E-state index in [0.29, 0.717) is 38.1 Å². The molecule has 6 nitrogen and oxygen atoms in total. The SMILES string of the molecule is Cc1nc2ncnn2c2ccn(-c3cccc(Cl)c3Cl)c(=O)c12. The number of aryl methyl sites for hydroxylation is 1. The Kier molecular flexibility index (Phi) is 3.11. The first-order chi connectivity index (χ1) is 11.1. The van der Waals surface area contributed by atoms with Crippen LogP contribution in [0.15, 0.2) is 41.6 Å². The molecule has 0 N–H and O–H groups in total. The molecule has 0 saturated heterocycles. The molecule has 0 saturated carbocycles.